The first-order chi connectivity index (χ1) is 27.7. The molecule has 16 heteroatoms. The van der Waals surface area contributed by atoms with E-state index in [2.05, 4.69) is 0 Å². The lowest BCUT2D eigenvalue weighted by molar-refractivity contribution is 0.330. The van der Waals surface area contributed by atoms with Gasteiger partial charge < -0.3 is 30.4 Å². The molecule has 0 fully saturated rings. The van der Waals surface area contributed by atoms with Gasteiger partial charge in [-0.1, -0.05) is 71.7 Å². The highest BCUT2D eigenvalue weighted by molar-refractivity contribution is 6.32. The Morgan fingerprint density at radius 2 is 0.586 bits per heavy atom. The van der Waals surface area contributed by atoms with Crippen LogP contribution < -0.4 is 30.4 Å². The molecule has 0 amide bonds. The van der Waals surface area contributed by atoms with Crippen molar-refractivity contribution in [3.8, 4) is 68.2 Å². The van der Waals surface area contributed by atoms with Crippen molar-refractivity contribution in [1.82, 2.24) is 0 Å². The van der Waals surface area contributed by atoms with Crippen LogP contribution in [0.3, 0.4) is 0 Å². The van der Waals surface area contributed by atoms with Crippen LogP contribution in [0.1, 0.15) is 0 Å². The summed E-state index contributed by atoms with van der Waals surface area (Å²) in [6, 6.07) is 26.5. The summed E-state index contributed by atoms with van der Waals surface area (Å²) in [5.41, 5.74) is 14.4. The Kier molecular flexibility index (Phi) is 11.0. The standard InChI is InChI=1S/C42H22Cl2F8N2O4/c43-27-17-23(53)9-15-29(27)57-41-37(51)33(47)31(45)35(49)39(41)55-25-11-5-21(6-12-25)19-1-2-20(4-3-19)22-7-13-26(14-8-22)56-40-36(50)32(46)34(48)38(52)42(40)58-30-16-10-24(54)18-28(30)44/h1-18H,53-54H2. The van der Waals surface area contributed by atoms with Crippen LogP contribution in [0.2, 0.25) is 10.0 Å². The number of rotatable bonds is 10. The Morgan fingerprint density at radius 3 is 0.862 bits per heavy atom. The first-order valence-corrected chi connectivity index (χ1v) is 17.3. The summed E-state index contributed by atoms with van der Waals surface area (Å²) in [6.45, 7) is 0. The molecule has 0 unspecified atom stereocenters. The Balaban J connectivity index is 1.08. The minimum atomic E-state index is -2.12. The smallest absolute Gasteiger partial charge is 0.211 e. The maximum Gasteiger partial charge on any atom is 0.211 e. The van der Waals surface area contributed by atoms with Crippen molar-refractivity contribution in [3.05, 3.63) is 166 Å². The largest absolute Gasteiger partial charge is 0.450 e. The second kappa shape index (κ2) is 16.1. The average Bonchev–Trinajstić information content (AvgIpc) is 3.22. The van der Waals surface area contributed by atoms with Gasteiger partial charge >= 0.3 is 0 Å². The molecule has 294 valence electrons. The predicted molar refractivity (Wildman–Crippen MR) is 202 cm³/mol. The fourth-order valence-electron chi connectivity index (χ4n) is 5.49. The maximum absolute atomic E-state index is 15.0. The molecule has 0 aliphatic rings. The van der Waals surface area contributed by atoms with Crippen molar-refractivity contribution in [1.29, 1.82) is 0 Å². The molecule has 7 aromatic rings. The molecule has 6 nitrogen and oxygen atoms in total. The minimum Gasteiger partial charge on any atom is -0.450 e. The van der Waals surface area contributed by atoms with E-state index in [-0.39, 0.29) is 44.4 Å². The topological polar surface area (TPSA) is 89.0 Å². The number of anilines is 2. The monoisotopic (exact) mass is 840 g/mol. The molecule has 0 atom stereocenters. The molecule has 0 saturated carbocycles. The Bertz CT molecular complexity index is 2520. The third-order valence-electron chi connectivity index (χ3n) is 8.40. The molecule has 0 aliphatic carbocycles. The van der Waals surface area contributed by atoms with Crippen molar-refractivity contribution in [2.45, 2.75) is 0 Å². The number of nitrogens with two attached hydrogens (primary N) is 2. The molecule has 7 rings (SSSR count). The minimum absolute atomic E-state index is 0.0843. The molecule has 0 heterocycles. The highest BCUT2D eigenvalue weighted by Gasteiger charge is 2.31. The fraction of sp³-hybridized carbons (Fsp3) is 0. The van der Waals surface area contributed by atoms with E-state index >= 15 is 0 Å². The molecular formula is C42H22Cl2F8N2O4. The number of halogens is 10. The van der Waals surface area contributed by atoms with Gasteiger partial charge in [0, 0.05) is 11.4 Å². The van der Waals surface area contributed by atoms with Crippen LogP contribution in [0, 0.1) is 46.5 Å². The molecule has 0 spiro atoms. The molecule has 4 N–H and O–H groups in total. The summed E-state index contributed by atoms with van der Waals surface area (Å²) >= 11 is 12.1. The van der Waals surface area contributed by atoms with Crippen molar-refractivity contribution >= 4 is 34.6 Å². The molecular weight excluding hydrogens is 819 g/mol. The van der Waals surface area contributed by atoms with Crippen molar-refractivity contribution in [3.63, 3.8) is 0 Å². The lowest BCUT2D eigenvalue weighted by atomic mass is 10.0. The van der Waals surface area contributed by atoms with Crippen LogP contribution in [-0.2, 0) is 0 Å². The van der Waals surface area contributed by atoms with Gasteiger partial charge in [-0.15, -0.1) is 0 Å². The highest BCUT2D eigenvalue weighted by atomic mass is 35.5. The van der Waals surface area contributed by atoms with Gasteiger partial charge in [-0.25, -0.2) is 17.6 Å². The summed E-state index contributed by atoms with van der Waals surface area (Å²) in [4.78, 5) is 0. The summed E-state index contributed by atoms with van der Waals surface area (Å²) in [5.74, 6) is -20.8. The first kappa shape index (κ1) is 39.6. The number of benzene rings is 7. The zero-order valence-electron chi connectivity index (χ0n) is 29.0. The predicted octanol–water partition coefficient (Wildman–Crippen LogP) is 13.8. The lowest BCUT2D eigenvalue weighted by Crippen LogP contribution is -2.04. The van der Waals surface area contributed by atoms with Crippen molar-refractivity contribution < 1.29 is 54.1 Å². The molecule has 7 aromatic carbocycles. The van der Waals surface area contributed by atoms with Gasteiger partial charge in [-0.05, 0) is 82.9 Å². The zero-order valence-corrected chi connectivity index (χ0v) is 30.5. The van der Waals surface area contributed by atoms with Gasteiger partial charge in [0.05, 0.1) is 10.0 Å². The van der Waals surface area contributed by atoms with Gasteiger partial charge in [-0.2, -0.15) is 17.6 Å². The van der Waals surface area contributed by atoms with Crippen LogP contribution >= 0.6 is 23.2 Å². The van der Waals surface area contributed by atoms with Crippen LogP contribution in [0.15, 0.2) is 109 Å². The van der Waals surface area contributed by atoms with Gasteiger partial charge in [0.15, 0.2) is 0 Å². The van der Waals surface area contributed by atoms with Crippen LogP contribution in [0.4, 0.5) is 46.5 Å². The molecule has 0 aliphatic heterocycles. The Hall–Kier alpha value is -6.64. The Morgan fingerprint density at radius 1 is 0.328 bits per heavy atom. The summed E-state index contributed by atoms with van der Waals surface area (Å²) in [5, 5.41) is -0.235. The van der Waals surface area contributed by atoms with Gasteiger partial charge in [0.25, 0.3) is 0 Å². The number of hydrogen-bond acceptors (Lipinski definition) is 6. The summed E-state index contributed by atoms with van der Waals surface area (Å²) in [7, 11) is 0. The lowest BCUT2D eigenvalue weighted by Gasteiger charge is -2.16. The normalized spacial score (nSPS) is 11.1. The quantitative estimate of drug-likeness (QED) is 0.0617. The van der Waals surface area contributed by atoms with Crippen LogP contribution in [0.25, 0.3) is 22.3 Å². The molecule has 58 heavy (non-hydrogen) atoms. The van der Waals surface area contributed by atoms with E-state index in [9.17, 15) is 35.1 Å². The van der Waals surface area contributed by atoms with Crippen LogP contribution in [-0.4, -0.2) is 0 Å². The van der Waals surface area contributed by atoms with Crippen molar-refractivity contribution in [2.75, 3.05) is 11.5 Å². The number of ether oxygens (including phenoxy) is 4. The summed E-state index contributed by atoms with van der Waals surface area (Å²) < 4.78 is 138. The average molecular weight is 842 g/mol. The van der Waals surface area contributed by atoms with Gasteiger partial charge in [0.2, 0.25) is 69.5 Å². The van der Waals surface area contributed by atoms with E-state index in [4.69, 9.17) is 53.6 Å². The van der Waals surface area contributed by atoms with E-state index in [1.54, 1.807) is 48.5 Å². The third kappa shape index (κ3) is 7.84. The fourth-order valence-corrected chi connectivity index (χ4v) is 5.94. The van der Waals surface area contributed by atoms with Crippen molar-refractivity contribution in [2.24, 2.45) is 0 Å². The summed E-state index contributed by atoms with van der Waals surface area (Å²) in [6.07, 6.45) is 0. The highest BCUT2D eigenvalue weighted by Crippen LogP contribution is 2.45. The second-order valence-corrected chi connectivity index (χ2v) is 13.1. The number of nitrogen functional groups attached to an aromatic ring is 2. The SMILES string of the molecule is Nc1ccc(Oc2c(F)c(F)c(F)c(F)c2Oc2ccc(-c3ccc(-c4ccc(Oc5c(F)c(F)c(F)c(F)c5Oc5ccc(N)cc5Cl)cc4)cc3)cc2)c(Cl)c1. The van der Waals surface area contributed by atoms with E-state index in [0.717, 1.165) is 0 Å². The zero-order chi connectivity index (χ0) is 41.4. The second-order valence-electron chi connectivity index (χ2n) is 12.2. The van der Waals surface area contributed by atoms with Gasteiger partial charge in [-0.3, -0.25) is 0 Å². The van der Waals surface area contributed by atoms with E-state index in [1.807, 2.05) is 0 Å². The van der Waals surface area contributed by atoms with E-state index in [0.29, 0.717) is 22.3 Å². The van der Waals surface area contributed by atoms with E-state index in [1.165, 1.54) is 60.7 Å². The van der Waals surface area contributed by atoms with Gasteiger partial charge in [0.1, 0.15) is 23.0 Å². The molecule has 0 aromatic heterocycles. The molecule has 0 radical (unpaired) electrons. The third-order valence-corrected chi connectivity index (χ3v) is 8.99. The van der Waals surface area contributed by atoms with Crippen LogP contribution in [0.5, 0.6) is 46.0 Å². The first-order valence-electron chi connectivity index (χ1n) is 16.5. The maximum atomic E-state index is 15.0. The Labute approximate surface area is 333 Å². The van der Waals surface area contributed by atoms with E-state index < -0.39 is 69.5 Å². The molecule has 0 saturated heterocycles. The molecule has 0 bridgehead atoms. The number of hydrogen-bond donors (Lipinski definition) is 2.